The summed E-state index contributed by atoms with van der Waals surface area (Å²) in [5.41, 5.74) is 5.21. The zero-order valence-electron chi connectivity index (χ0n) is 26.1. The summed E-state index contributed by atoms with van der Waals surface area (Å²) in [7, 11) is 0. The molecule has 3 N–H and O–H groups in total. The van der Waals surface area contributed by atoms with E-state index in [1.807, 2.05) is 27.7 Å². The van der Waals surface area contributed by atoms with E-state index in [0.29, 0.717) is 21.5 Å². The molecule has 4 atom stereocenters. The van der Waals surface area contributed by atoms with Crippen LogP contribution in [-0.4, -0.2) is 68.6 Å². The predicted molar refractivity (Wildman–Crippen MR) is 164 cm³/mol. The van der Waals surface area contributed by atoms with Crippen molar-refractivity contribution in [2.24, 2.45) is 28.9 Å². The summed E-state index contributed by atoms with van der Waals surface area (Å²) in [5.74, 6) is -2.02. The number of thiophene rings is 1. The number of carbonyl (C=O) groups excluding carboxylic acids is 4. The number of rotatable bonds is 7. The van der Waals surface area contributed by atoms with Crippen LogP contribution >= 0.6 is 11.3 Å². The molecule has 1 aliphatic carbocycles. The van der Waals surface area contributed by atoms with E-state index < -0.39 is 23.8 Å². The molecule has 6 rings (SSSR count). The standard InChI is InChI=1S/C32H35F3N6O4S/c1-14(2)24(36)27(42)38-16-7-9-40(12-16)28(43)21-15(3)10-20(32(33,34)35)39-25(21)18-6-8-37-19-11-17(46-26(18)19)13-41-29(44)22-23(30(41)45)31(22,4)5/h6,8,10-11,14,16,22-24H,7,9,12-13,36H2,1-5H3,(H,38,42)/t16-,22?,23?,24?/m0/s1. The maximum Gasteiger partial charge on any atom is 0.433 e. The van der Waals surface area contributed by atoms with Crippen molar-refractivity contribution in [3.05, 3.63) is 46.1 Å². The number of nitrogens with one attached hydrogen (secondary N) is 1. The highest BCUT2D eigenvalue weighted by Gasteiger charge is 2.72. The van der Waals surface area contributed by atoms with Gasteiger partial charge >= 0.3 is 6.18 Å². The number of pyridine rings is 2. The fourth-order valence-corrected chi connectivity index (χ4v) is 7.79. The topological polar surface area (TPSA) is 139 Å². The molecule has 46 heavy (non-hydrogen) atoms. The number of amides is 4. The number of imide groups is 1. The summed E-state index contributed by atoms with van der Waals surface area (Å²) < 4.78 is 42.5. The largest absolute Gasteiger partial charge is 0.433 e. The first-order valence-electron chi connectivity index (χ1n) is 15.2. The average Bonchev–Trinajstić information content (AvgIpc) is 3.38. The van der Waals surface area contributed by atoms with E-state index in [1.165, 1.54) is 40.3 Å². The summed E-state index contributed by atoms with van der Waals surface area (Å²) in [4.78, 5) is 64.2. The third kappa shape index (κ3) is 5.34. The number of likely N-dealkylation sites (tertiary alicyclic amines) is 2. The highest BCUT2D eigenvalue weighted by Crippen LogP contribution is 2.63. The number of aromatic nitrogens is 2. The molecule has 2 aliphatic heterocycles. The van der Waals surface area contributed by atoms with Crippen LogP contribution < -0.4 is 11.1 Å². The van der Waals surface area contributed by atoms with E-state index in [4.69, 9.17) is 5.73 Å². The Morgan fingerprint density at radius 1 is 1.17 bits per heavy atom. The van der Waals surface area contributed by atoms with E-state index in [9.17, 15) is 32.3 Å². The van der Waals surface area contributed by atoms with E-state index in [1.54, 1.807) is 6.07 Å². The Morgan fingerprint density at radius 3 is 2.48 bits per heavy atom. The number of aryl methyl sites for hydroxylation is 1. The number of piperidine rings is 1. The van der Waals surface area contributed by atoms with Crippen molar-refractivity contribution < 1.29 is 32.3 Å². The van der Waals surface area contributed by atoms with E-state index in [2.05, 4.69) is 15.3 Å². The molecule has 3 fully saturated rings. The Kier molecular flexibility index (Phi) is 7.74. The van der Waals surface area contributed by atoms with Crippen LogP contribution in [0.5, 0.6) is 0 Å². The van der Waals surface area contributed by atoms with Crippen LogP contribution in [0.1, 0.15) is 60.6 Å². The van der Waals surface area contributed by atoms with Crippen LogP contribution in [0.4, 0.5) is 13.2 Å². The lowest BCUT2D eigenvalue weighted by Gasteiger charge is -2.22. The van der Waals surface area contributed by atoms with Crippen LogP contribution in [0.15, 0.2) is 24.4 Å². The highest BCUT2D eigenvalue weighted by molar-refractivity contribution is 7.19. The van der Waals surface area contributed by atoms with Gasteiger partial charge in [-0.3, -0.25) is 29.1 Å². The lowest BCUT2D eigenvalue weighted by atomic mass is 9.99. The van der Waals surface area contributed by atoms with Gasteiger partial charge in [-0.2, -0.15) is 13.2 Å². The molecule has 0 bridgehead atoms. The number of carbonyl (C=O) groups is 4. The molecule has 14 heteroatoms. The van der Waals surface area contributed by atoms with Gasteiger partial charge in [0.2, 0.25) is 17.7 Å². The average molecular weight is 657 g/mol. The molecule has 3 aliphatic rings. The molecule has 0 aromatic carbocycles. The molecule has 0 spiro atoms. The first-order chi connectivity index (χ1) is 21.5. The van der Waals surface area contributed by atoms with Crippen molar-refractivity contribution >= 4 is 45.2 Å². The van der Waals surface area contributed by atoms with Gasteiger partial charge in [-0.1, -0.05) is 27.7 Å². The first kappa shape index (κ1) is 32.0. The molecular formula is C32H35F3N6O4S. The summed E-state index contributed by atoms with van der Waals surface area (Å²) >= 11 is 1.20. The van der Waals surface area contributed by atoms with Crippen molar-refractivity contribution in [1.82, 2.24) is 25.1 Å². The quantitative estimate of drug-likeness (QED) is 0.365. The Bertz CT molecular complexity index is 1760. The third-order valence-electron chi connectivity index (χ3n) is 9.49. The van der Waals surface area contributed by atoms with Gasteiger partial charge in [0, 0.05) is 35.8 Å². The normalized spacial score (nSPS) is 23.0. The van der Waals surface area contributed by atoms with Gasteiger partial charge in [0.15, 0.2) is 0 Å². The zero-order chi connectivity index (χ0) is 33.5. The second-order valence-electron chi connectivity index (χ2n) is 13.4. The zero-order valence-corrected chi connectivity index (χ0v) is 26.9. The van der Waals surface area contributed by atoms with Crippen molar-refractivity contribution in [3.8, 4) is 11.3 Å². The third-order valence-corrected chi connectivity index (χ3v) is 10.6. The molecule has 3 aromatic rings. The Morgan fingerprint density at radius 2 is 1.85 bits per heavy atom. The van der Waals surface area contributed by atoms with Gasteiger partial charge < -0.3 is 16.0 Å². The fourth-order valence-electron chi connectivity index (χ4n) is 6.67. The minimum absolute atomic E-state index is 0.0218. The maximum atomic E-state index is 14.0. The molecule has 4 amide bonds. The monoisotopic (exact) mass is 656 g/mol. The summed E-state index contributed by atoms with van der Waals surface area (Å²) in [6.07, 6.45) is -2.87. The van der Waals surface area contributed by atoms with Crippen molar-refractivity contribution in [3.63, 3.8) is 0 Å². The Labute approximate surface area is 267 Å². The smallest absolute Gasteiger partial charge is 0.350 e. The van der Waals surface area contributed by atoms with Gasteiger partial charge in [-0.05, 0) is 48.4 Å². The number of hydrogen-bond donors (Lipinski definition) is 2. The number of nitrogens with two attached hydrogens (primary N) is 1. The van der Waals surface area contributed by atoms with E-state index in [0.717, 1.165) is 6.07 Å². The Balaban J connectivity index is 1.34. The molecule has 1 saturated carbocycles. The van der Waals surface area contributed by atoms with Crippen molar-refractivity contribution in [2.75, 3.05) is 13.1 Å². The van der Waals surface area contributed by atoms with Gasteiger partial charge in [0.05, 0.1) is 45.9 Å². The number of nitrogens with zero attached hydrogens (tertiary/aromatic N) is 4. The van der Waals surface area contributed by atoms with Crippen LogP contribution in [0, 0.1) is 30.1 Å². The first-order valence-corrected chi connectivity index (χ1v) is 16.0. The van der Waals surface area contributed by atoms with Crippen LogP contribution in [0.25, 0.3) is 21.5 Å². The molecule has 244 valence electrons. The second kappa shape index (κ2) is 11.1. The van der Waals surface area contributed by atoms with Crippen molar-refractivity contribution in [1.29, 1.82) is 0 Å². The number of hydrogen-bond acceptors (Lipinski definition) is 8. The lowest BCUT2D eigenvalue weighted by Crippen LogP contribution is -2.48. The maximum absolute atomic E-state index is 14.0. The van der Waals surface area contributed by atoms with Crippen LogP contribution in [0.2, 0.25) is 0 Å². The summed E-state index contributed by atoms with van der Waals surface area (Å²) in [6, 6.07) is 3.03. The molecule has 10 nitrogen and oxygen atoms in total. The van der Waals surface area contributed by atoms with Crippen LogP contribution in [0.3, 0.4) is 0 Å². The van der Waals surface area contributed by atoms with Gasteiger partial charge in [0.25, 0.3) is 5.91 Å². The van der Waals surface area contributed by atoms with Gasteiger partial charge in [-0.15, -0.1) is 11.3 Å². The van der Waals surface area contributed by atoms with Gasteiger partial charge in [-0.25, -0.2) is 4.98 Å². The minimum atomic E-state index is -4.77. The van der Waals surface area contributed by atoms with E-state index >= 15 is 0 Å². The Hall–Kier alpha value is -3.91. The highest BCUT2D eigenvalue weighted by atomic mass is 32.1. The molecule has 3 aromatic heterocycles. The van der Waals surface area contributed by atoms with Gasteiger partial charge in [0.1, 0.15) is 5.69 Å². The molecule has 5 heterocycles. The van der Waals surface area contributed by atoms with E-state index in [-0.39, 0.29) is 89.0 Å². The SMILES string of the molecule is Cc1cc(C(F)(F)F)nc(-c2ccnc3cc(CN4C(=O)C5C(C4=O)C5(C)C)sc23)c1C(=O)N1CC[C@H](NC(=O)C(N)C(C)C)C1. The summed E-state index contributed by atoms with van der Waals surface area (Å²) in [5, 5.41) is 2.88. The molecule has 3 unspecified atom stereocenters. The van der Waals surface area contributed by atoms with Crippen LogP contribution in [-0.2, 0) is 27.1 Å². The predicted octanol–water partition coefficient (Wildman–Crippen LogP) is 4.14. The number of halogens is 3. The molecular weight excluding hydrogens is 621 g/mol. The second-order valence-corrected chi connectivity index (χ2v) is 14.5. The minimum Gasteiger partial charge on any atom is -0.350 e. The molecule has 0 radical (unpaired) electrons. The summed E-state index contributed by atoms with van der Waals surface area (Å²) in [6.45, 7) is 9.38. The lowest BCUT2D eigenvalue weighted by molar-refractivity contribution is -0.144. The van der Waals surface area contributed by atoms with Crippen molar-refractivity contribution in [2.45, 2.75) is 65.8 Å². The number of alkyl halides is 3. The number of fused-ring (bicyclic) bond motifs is 2. The fraction of sp³-hybridized carbons (Fsp3) is 0.500. The molecule has 2 saturated heterocycles.